The van der Waals surface area contributed by atoms with E-state index in [1.165, 1.54) is 0 Å². The molecule has 0 spiro atoms. The smallest absolute Gasteiger partial charge is 0.184 e. The number of ketones is 1. The maximum atomic E-state index is 12.4. The van der Waals surface area contributed by atoms with Crippen LogP contribution in [0.25, 0.3) is 0 Å². The molecule has 17 heavy (non-hydrogen) atoms. The molecule has 0 saturated carbocycles. The third kappa shape index (κ3) is 2.00. The molecular formula is C12H17N3O2. The zero-order valence-corrected chi connectivity index (χ0v) is 9.93. The molecule has 0 radical (unpaired) electrons. The first-order valence-corrected chi connectivity index (χ1v) is 6.08. The SMILES string of the molecule is Cn1cncc1C(=O)C1CC2COCC(C1)N2. The van der Waals surface area contributed by atoms with Gasteiger partial charge in [-0.3, -0.25) is 4.79 Å². The fourth-order valence-electron chi connectivity index (χ4n) is 2.86. The van der Waals surface area contributed by atoms with E-state index in [1.54, 1.807) is 17.1 Å². The number of piperidine rings is 1. The zero-order chi connectivity index (χ0) is 11.8. The van der Waals surface area contributed by atoms with Gasteiger partial charge in [0.15, 0.2) is 5.78 Å². The molecule has 5 heteroatoms. The monoisotopic (exact) mass is 235 g/mol. The molecule has 2 saturated heterocycles. The Bertz CT molecular complexity index is 417. The second kappa shape index (κ2) is 4.23. The van der Waals surface area contributed by atoms with Gasteiger partial charge in [-0.1, -0.05) is 0 Å². The Morgan fingerprint density at radius 2 is 2.18 bits per heavy atom. The molecule has 3 rings (SSSR count). The van der Waals surface area contributed by atoms with Crippen molar-refractivity contribution >= 4 is 5.78 Å². The van der Waals surface area contributed by atoms with E-state index in [2.05, 4.69) is 10.3 Å². The van der Waals surface area contributed by atoms with E-state index in [9.17, 15) is 4.79 Å². The highest BCUT2D eigenvalue weighted by atomic mass is 16.5. The Balaban J connectivity index is 1.76. The molecule has 0 aromatic carbocycles. The molecule has 1 aromatic heterocycles. The fraction of sp³-hybridized carbons (Fsp3) is 0.667. The number of aromatic nitrogens is 2. The van der Waals surface area contributed by atoms with E-state index in [0.717, 1.165) is 31.7 Å². The highest BCUT2D eigenvalue weighted by molar-refractivity contribution is 5.96. The van der Waals surface area contributed by atoms with Crippen molar-refractivity contribution in [1.29, 1.82) is 0 Å². The van der Waals surface area contributed by atoms with Gasteiger partial charge in [0.25, 0.3) is 0 Å². The summed E-state index contributed by atoms with van der Waals surface area (Å²) in [5, 5.41) is 3.50. The number of nitrogens with zero attached hydrogens (tertiary/aromatic N) is 2. The number of Topliss-reactive ketones (excluding diaryl/α,β-unsaturated/α-hetero) is 1. The van der Waals surface area contributed by atoms with Gasteiger partial charge in [0.2, 0.25) is 0 Å². The minimum atomic E-state index is 0.116. The summed E-state index contributed by atoms with van der Waals surface area (Å²) in [6.07, 6.45) is 5.09. The van der Waals surface area contributed by atoms with Crippen LogP contribution in [0.2, 0.25) is 0 Å². The molecule has 3 heterocycles. The molecule has 2 aliphatic rings. The van der Waals surface area contributed by atoms with Crippen molar-refractivity contribution in [2.24, 2.45) is 13.0 Å². The molecule has 1 aromatic rings. The van der Waals surface area contributed by atoms with E-state index in [4.69, 9.17) is 4.74 Å². The van der Waals surface area contributed by atoms with Crippen LogP contribution >= 0.6 is 0 Å². The van der Waals surface area contributed by atoms with Crippen LogP contribution in [0.4, 0.5) is 0 Å². The zero-order valence-electron chi connectivity index (χ0n) is 9.93. The average molecular weight is 235 g/mol. The van der Waals surface area contributed by atoms with Gasteiger partial charge < -0.3 is 14.6 Å². The molecule has 0 aliphatic carbocycles. The number of nitrogens with one attached hydrogen (secondary N) is 1. The van der Waals surface area contributed by atoms with Crippen LogP contribution in [0.1, 0.15) is 23.3 Å². The van der Waals surface area contributed by atoms with E-state index in [-0.39, 0.29) is 11.7 Å². The molecule has 2 atom stereocenters. The molecule has 2 bridgehead atoms. The predicted octanol–water partition coefficient (Wildman–Crippen LogP) is 0.370. The summed E-state index contributed by atoms with van der Waals surface area (Å²) in [7, 11) is 1.87. The first-order chi connectivity index (χ1) is 8.24. The van der Waals surface area contributed by atoms with Gasteiger partial charge in [0, 0.05) is 25.0 Å². The van der Waals surface area contributed by atoms with Crippen LogP contribution in [-0.2, 0) is 11.8 Å². The third-order valence-corrected chi connectivity index (χ3v) is 3.69. The quantitative estimate of drug-likeness (QED) is 0.752. The minimum absolute atomic E-state index is 0.116. The minimum Gasteiger partial charge on any atom is -0.378 e. The van der Waals surface area contributed by atoms with Crippen LogP contribution in [0.3, 0.4) is 0 Å². The lowest BCUT2D eigenvalue weighted by Gasteiger charge is -2.39. The summed E-state index contributed by atoms with van der Waals surface area (Å²) >= 11 is 0. The molecule has 2 aliphatic heterocycles. The van der Waals surface area contributed by atoms with Gasteiger partial charge in [-0.2, -0.15) is 0 Å². The Labute approximate surface area is 100 Å². The van der Waals surface area contributed by atoms with Gasteiger partial charge in [-0.05, 0) is 12.8 Å². The Kier molecular flexibility index (Phi) is 2.72. The lowest BCUT2D eigenvalue weighted by atomic mass is 9.83. The number of hydrogen-bond acceptors (Lipinski definition) is 4. The summed E-state index contributed by atoms with van der Waals surface area (Å²) in [6.45, 7) is 1.46. The number of rotatable bonds is 2. The van der Waals surface area contributed by atoms with Crippen LogP contribution in [0, 0.1) is 5.92 Å². The Morgan fingerprint density at radius 3 is 2.76 bits per heavy atom. The molecule has 2 fully saturated rings. The Hall–Kier alpha value is -1.20. The average Bonchev–Trinajstić information content (AvgIpc) is 2.74. The number of carbonyl (C=O) groups is 1. The van der Waals surface area contributed by atoms with E-state index >= 15 is 0 Å². The summed E-state index contributed by atoms with van der Waals surface area (Å²) < 4.78 is 7.29. The highest BCUT2D eigenvalue weighted by Gasteiger charge is 2.36. The number of hydrogen-bond donors (Lipinski definition) is 1. The van der Waals surface area contributed by atoms with Crippen LogP contribution in [0.15, 0.2) is 12.5 Å². The van der Waals surface area contributed by atoms with Gasteiger partial charge in [-0.25, -0.2) is 4.98 Å². The topological polar surface area (TPSA) is 56.2 Å². The van der Waals surface area contributed by atoms with Crippen molar-refractivity contribution in [2.45, 2.75) is 24.9 Å². The largest absolute Gasteiger partial charge is 0.378 e. The summed E-state index contributed by atoms with van der Waals surface area (Å²) in [5.74, 6) is 0.342. The van der Waals surface area contributed by atoms with Crippen molar-refractivity contribution in [3.05, 3.63) is 18.2 Å². The standard InChI is InChI=1S/C12H17N3O2/c1-15-7-13-4-11(15)12(16)8-2-9-5-17-6-10(3-8)14-9/h4,7-10,14H,2-3,5-6H2,1H3. The maximum absolute atomic E-state index is 12.4. The lowest BCUT2D eigenvalue weighted by molar-refractivity contribution is 0.00937. The number of morpholine rings is 1. The van der Waals surface area contributed by atoms with Crippen molar-refractivity contribution < 1.29 is 9.53 Å². The molecular weight excluding hydrogens is 218 g/mol. The molecule has 1 N–H and O–H groups in total. The van der Waals surface area contributed by atoms with Crippen molar-refractivity contribution in [3.8, 4) is 0 Å². The van der Waals surface area contributed by atoms with E-state index in [1.807, 2.05) is 7.05 Å². The number of fused-ring (bicyclic) bond motifs is 2. The first kappa shape index (κ1) is 10.9. The van der Waals surface area contributed by atoms with Gasteiger partial charge in [0.1, 0.15) is 5.69 Å². The van der Waals surface area contributed by atoms with Crippen molar-refractivity contribution in [3.63, 3.8) is 0 Å². The summed E-state index contributed by atoms with van der Waals surface area (Å²) in [4.78, 5) is 16.4. The number of carbonyl (C=O) groups excluding carboxylic acids is 1. The van der Waals surface area contributed by atoms with Gasteiger partial charge in [0.05, 0.1) is 25.7 Å². The highest BCUT2D eigenvalue weighted by Crippen LogP contribution is 2.26. The van der Waals surface area contributed by atoms with Crippen molar-refractivity contribution in [1.82, 2.24) is 14.9 Å². The van der Waals surface area contributed by atoms with Gasteiger partial charge >= 0.3 is 0 Å². The van der Waals surface area contributed by atoms with Crippen molar-refractivity contribution in [2.75, 3.05) is 13.2 Å². The van der Waals surface area contributed by atoms with Crippen LogP contribution in [0.5, 0.6) is 0 Å². The normalized spacial score (nSPS) is 32.4. The van der Waals surface area contributed by atoms with Gasteiger partial charge in [-0.15, -0.1) is 0 Å². The molecule has 92 valence electrons. The number of ether oxygens (including phenoxy) is 1. The predicted molar refractivity (Wildman–Crippen MR) is 61.8 cm³/mol. The van der Waals surface area contributed by atoms with Crippen LogP contribution in [-0.4, -0.2) is 40.6 Å². The van der Waals surface area contributed by atoms with E-state index < -0.39 is 0 Å². The Morgan fingerprint density at radius 1 is 1.47 bits per heavy atom. The third-order valence-electron chi connectivity index (χ3n) is 3.69. The summed E-state index contributed by atoms with van der Waals surface area (Å²) in [6, 6.07) is 0.675. The second-order valence-corrected chi connectivity index (χ2v) is 5.02. The maximum Gasteiger partial charge on any atom is 0.184 e. The number of imidazole rings is 1. The van der Waals surface area contributed by atoms with E-state index in [0.29, 0.717) is 12.1 Å². The first-order valence-electron chi connectivity index (χ1n) is 6.08. The van der Waals surface area contributed by atoms with Crippen LogP contribution < -0.4 is 5.32 Å². The number of aryl methyl sites for hydroxylation is 1. The second-order valence-electron chi connectivity index (χ2n) is 5.02. The summed E-state index contributed by atoms with van der Waals surface area (Å²) in [5.41, 5.74) is 0.718. The molecule has 0 amide bonds. The molecule has 5 nitrogen and oxygen atoms in total. The fourth-order valence-corrected chi connectivity index (χ4v) is 2.86. The lowest BCUT2D eigenvalue weighted by Crippen LogP contribution is -2.55. The molecule has 2 unspecified atom stereocenters.